The molecular weight excluding hydrogens is 267 g/mol. The number of rotatable bonds is 7. The molecule has 0 bridgehead atoms. The Labute approximate surface area is 123 Å². The van der Waals surface area contributed by atoms with Crippen molar-refractivity contribution in [2.75, 3.05) is 6.16 Å². The highest BCUT2D eigenvalue weighted by atomic mass is 31.2. The molecule has 0 radical (unpaired) electrons. The van der Waals surface area contributed by atoms with E-state index in [9.17, 15) is 0 Å². The van der Waals surface area contributed by atoms with Crippen molar-refractivity contribution in [2.45, 2.75) is 64.1 Å². The first kappa shape index (κ1) is 14.5. The lowest BCUT2D eigenvalue weighted by Crippen LogP contribution is -2.32. The van der Waals surface area contributed by atoms with E-state index in [4.69, 9.17) is 9.05 Å². The van der Waals surface area contributed by atoms with E-state index in [1.165, 1.54) is 43.8 Å². The second-order valence-corrected chi connectivity index (χ2v) is 8.78. The summed E-state index contributed by atoms with van der Waals surface area (Å²) in [7, 11) is -1.89. The van der Waals surface area contributed by atoms with Gasteiger partial charge in [-0.15, -0.1) is 0 Å². The highest BCUT2D eigenvalue weighted by Crippen LogP contribution is 2.64. The van der Waals surface area contributed by atoms with Crippen LogP contribution in [-0.4, -0.2) is 18.4 Å². The van der Waals surface area contributed by atoms with Crippen molar-refractivity contribution in [2.24, 2.45) is 0 Å². The summed E-state index contributed by atoms with van der Waals surface area (Å²) in [6, 6.07) is 10.7. The van der Waals surface area contributed by atoms with Gasteiger partial charge in [-0.2, -0.15) is 9.05 Å². The predicted octanol–water partition coefficient (Wildman–Crippen LogP) is 4.71. The lowest BCUT2D eigenvalue weighted by Gasteiger charge is -2.35. The molecule has 0 aromatic heterocycles. The first-order chi connectivity index (χ1) is 9.82. The Morgan fingerprint density at radius 1 is 0.950 bits per heavy atom. The van der Waals surface area contributed by atoms with Crippen molar-refractivity contribution >= 4 is 13.0 Å². The maximum atomic E-state index is 6.60. The Morgan fingerprint density at radius 3 is 1.90 bits per heavy atom. The molecule has 0 amide bonds. The summed E-state index contributed by atoms with van der Waals surface area (Å²) in [6.07, 6.45) is 10.6. The first-order valence-corrected chi connectivity index (χ1v) is 9.94. The summed E-state index contributed by atoms with van der Waals surface area (Å²) in [6.45, 7) is 2.24. The van der Waals surface area contributed by atoms with E-state index in [0.29, 0.717) is 12.2 Å². The Morgan fingerprint density at radius 2 is 1.50 bits per heavy atom. The van der Waals surface area contributed by atoms with Crippen molar-refractivity contribution in [1.82, 2.24) is 0 Å². The van der Waals surface area contributed by atoms with Gasteiger partial charge in [0.1, 0.15) is 18.4 Å². The molecule has 0 heterocycles. The average Bonchev–Trinajstić information content (AvgIpc) is 2.39. The normalized spacial score (nSPS) is 20.4. The van der Waals surface area contributed by atoms with Gasteiger partial charge in [0.2, 0.25) is 0 Å². The van der Waals surface area contributed by atoms with Gasteiger partial charge in [0.25, 0.3) is 0 Å². The lowest BCUT2D eigenvalue weighted by molar-refractivity contribution is 0.0633. The van der Waals surface area contributed by atoms with E-state index in [2.05, 4.69) is 37.3 Å². The summed E-state index contributed by atoms with van der Waals surface area (Å²) in [4.78, 5) is 0. The van der Waals surface area contributed by atoms with E-state index in [1.807, 2.05) is 0 Å². The van der Waals surface area contributed by atoms with Crippen LogP contribution < -0.4 is 5.30 Å². The van der Waals surface area contributed by atoms with Crippen LogP contribution in [0.25, 0.3) is 0 Å². The molecule has 2 aliphatic carbocycles. The van der Waals surface area contributed by atoms with E-state index in [0.717, 1.165) is 12.6 Å². The fraction of sp³-hybridized carbons (Fsp3) is 0.647. The van der Waals surface area contributed by atoms with Crippen LogP contribution in [-0.2, 0) is 9.05 Å². The van der Waals surface area contributed by atoms with Crippen LogP contribution in [0.4, 0.5) is 0 Å². The van der Waals surface area contributed by atoms with Crippen LogP contribution in [0, 0.1) is 0 Å². The molecular formula is C17H26O2P+. The van der Waals surface area contributed by atoms with Crippen molar-refractivity contribution < 1.29 is 9.05 Å². The van der Waals surface area contributed by atoms with Gasteiger partial charge in [-0.3, -0.25) is 0 Å². The lowest BCUT2D eigenvalue weighted by atomic mass is 9.97. The molecule has 3 heteroatoms. The Balaban J connectivity index is 1.84. The molecule has 20 heavy (non-hydrogen) atoms. The van der Waals surface area contributed by atoms with Gasteiger partial charge >= 0.3 is 7.72 Å². The molecule has 0 spiro atoms. The van der Waals surface area contributed by atoms with Gasteiger partial charge in [-0.1, -0.05) is 25.1 Å². The third-order valence-corrected chi connectivity index (χ3v) is 7.81. The van der Waals surface area contributed by atoms with Crippen LogP contribution in [0.2, 0.25) is 0 Å². The highest BCUT2D eigenvalue weighted by Gasteiger charge is 2.50. The maximum Gasteiger partial charge on any atom is 0.307 e. The number of benzene rings is 1. The molecule has 3 rings (SSSR count). The third-order valence-electron chi connectivity index (χ3n) is 4.41. The zero-order valence-corrected chi connectivity index (χ0v) is 13.4. The summed E-state index contributed by atoms with van der Waals surface area (Å²) in [5, 5.41) is 1.31. The van der Waals surface area contributed by atoms with Gasteiger partial charge < -0.3 is 0 Å². The van der Waals surface area contributed by atoms with E-state index in [-0.39, 0.29) is 0 Å². The number of hydrogen-bond donors (Lipinski definition) is 0. The van der Waals surface area contributed by atoms with E-state index < -0.39 is 7.72 Å². The van der Waals surface area contributed by atoms with Crippen LogP contribution in [0.15, 0.2) is 30.3 Å². The summed E-state index contributed by atoms with van der Waals surface area (Å²) >= 11 is 0. The Hall–Kier alpha value is -0.430. The van der Waals surface area contributed by atoms with Crippen LogP contribution in [0.5, 0.6) is 0 Å². The quantitative estimate of drug-likeness (QED) is 0.678. The predicted molar refractivity (Wildman–Crippen MR) is 85.6 cm³/mol. The molecule has 0 N–H and O–H groups in total. The van der Waals surface area contributed by atoms with Crippen molar-refractivity contribution in [3.05, 3.63) is 30.3 Å². The second kappa shape index (κ2) is 6.56. The minimum Gasteiger partial charge on any atom is -0.198 e. The molecule has 110 valence electrons. The third kappa shape index (κ3) is 3.08. The Bertz CT molecular complexity index is 396. The van der Waals surface area contributed by atoms with E-state index in [1.54, 1.807) is 0 Å². The van der Waals surface area contributed by atoms with Gasteiger partial charge in [0.15, 0.2) is 5.30 Å². The summed E-state index contributed by atoms with van der Waals surface area (Å²) in [5.74, 6) is 0. The van der Waals surface area contributed by atoms with Crippen LogP contribution >= 0.6 is 7.72 Å². The smallest absolute Gasteiger partial charge is 0.198 e. The fourth-order valence-electron chi connectivity index (χ4n) is 2.76. The summed E-state index contributed by atoms with van der Waals surface area (Å²) in [5.41, 5.74) is 0. The fourth-order valence-corrected chi connectivity index (χ4v) is 6.13. The van der Waals surface area contributed by atoms with Crippen LogP contribution in [0.3, 0.4) is 0 Å². The van der Waals surface area contributed by atoms with Crippen LogP contribution in [0.1, 0.15) is 51.9 Å². The summed E-state index contributed by atoms with van der Waals surface area (Å²) < 4.78 is 13.2. The first-order valence-electron chi connectivity index (χ1n) is 8.13. The molecule has 0 saturated heterocycles. The van der Waals surface area contributed by atoms with Crippen molar-refractivity contribution in [3.63, 3.8) is 0 Å². The molecule has 2 aliphatic rings. The zero-order chi connectivity index (χ0) is 13.8. The van der Waals surface area contributed by atoms with Gasteiger partial charge in [-0.05, 0) is 57.1 Å². The van der Waals surface area contributed by atoms with Crippen molar-refractivity contribution in [3.8, 4) is 0 Å². The Kier molecular flexibility index (Phi) is 4.75. The molecule has 2 nitrogen and oxygen atoms in total. The van der Waals surface area contributed by atoms with Gasteiger partial charge in [-0.25, -0.2) is 0 Å². The minimum atomic E-state index is -1.89. The highest BCUT2D eigenvalue weighted by molar-refractivity contribution is 7.74. The molecule has 0 atom stereocenters. The molecule has 0 aliphatic heterocycles. The monoisotopic (exact) mass is 293 g/mol. The number of hydrogen-bond acceptors (Lipinski definition) is 2. The molecule has 1 aromatic rings. The average molecular weight is 293 g/mol. The molecule has 0 unspecified atom stereocenters. The molecule has 2 fully saturated rings. The van der Waals surface area contributed by atoms with Crippen molar-refractivity contribution in [1.29, 1.82) is 0 Å². The maximum absolute atomic E-state index is 6.60. The molecule has 1 aromatic carbocycles. The molecule has 2 saturated carbocycles. The second-order valence-electron chi connectivity index (χ2n) is 6.05. The zero-order valence-electron chi connectivity index (χ0n) is 12.5. The minimum absolute atomic E-state index is 0.440. The largest absolute Gasteiger partial charge is 0.307 e. The SMILES string of the molecule is CCC[P+](OC1CCC1)(OC1CCC1)c1ccccc1. The van der Waals surface area contributed by atoms with E-state index >= 15 is 0 Å². The van der Waals surface area contributed by atoms with Gasteiger partial charge in [0.05, 0.1) is 0 Å². The topological polar surface area (TPSA) is 18.5 Å². The standard InChI is InChI=1S/C17H26O2P/c1-2-14-20(18-15-8-6-9-15,19-16-10-7-11-16)17-12-4-3-5-13-17/h3-5,12-13,15-16H,2,6-11,14H2,1H3/q+1. The van der Waals surface area contributed by atoms with Gasteiger partial charge in [0, 0.05) is 0 Å².